The molecule has 0 heterocycles. The number of amides is 1. The number of ether oxygens (including phenoxy) is 3. The van der Waals surface area contributed by atoms with E-state index in [9.17, 15) is 4.79 Å². The fourth-order valence-corrected chi connectivity index (χ4v) is 2.60. The van der Waals surface area contributed by atoms with Crippen LogP contribution in [0.5, 0.6) is 17.2 Å². The Kier molecular flexibility index (Phi) is 7.50. The van der Waals surface area contributed by atoms with Gasteiger partial charge in [-0.2, -0.15) is 5.26 Å². The Hall–Kier alpha value is -3.20. The predicted molar refractivity (Wildman–Crippen MR) is 102 cm³/mol. The van der Waals surface area contributed by atoms with E-state index in [1.165, 1.54) is 0 Å². The first-order chi connectivity index (χ1) is 13.0. The third kappa shape index (κ3) is 5.93. The number of hydrogen-bond donors (Lipinski definition) is 1. The second-order valence-corrected chi connectivity index (χ2v) is 6.01. The highest BCUT2D eigenvalue weighted by Crippen LogP contribution is 2.28. The zero-order chi connectivity index (χ0) is 19.6. The van der Waals surface area contributed by atoms with Gasteiger partial charge in [-0.1, -0.05) is 24.3 Å². The Labute approximate surface area is 159 Å². The van der Waals surface area contributed by atoms with E-state index < -0.39 is 0 Å². The summed E-state index contributed by atoms with van der Waals surface area (Å²) in [5, 5.41) is 11.2. The van der Waals surface area contributed by atoms with Crippen LogP contribution in [0.2, 0.25) is 0 Å². The molecule has 0 radical (unpaired) electrons. The molecule has 6 heteroatoms. The van der Waals surface area contributed by atoms with Crippen molar-refractivity contribution in [2.24, 2.45) is 0 Å². The average Bonchev–Trinajstić information content (AvgIpc) is 2.65. The monoisotopic (exact) mass is 368 g/mol. The number of carbonyl (C=O) groups excluding carboxylic acids is 1. The number of hydrogen-bond acceptors (Lipinski definition) is 5. The SMILES string of the molecule is COc1ccc(CNC(=O)CC#N)cc1OCCOc1c(C)cccc1C. The fraction of sp³-hybridized carbons (Fsp3) is 0.333. The van der Waals surface area contributed by atoms with E-state index in [0.717, 1.165) is 22.4 Å². The predicted octanol–water partition coefficient (Wildman–Crippen LogP) is 3.30. The summed E-state index contributed by atoms with van der Waals surface area (Å²) in [6, 6.07) is 13.3. The van der Waals surface area contributed by atoms with Crippen molar-refractivity contribution in [3.8, 4) is 23.3 Å². The molecular formula is C21H24N2O4. The number of nitriles is 1. The molecule has 1 amide bonds. The minimum atomic E-state index is -0.308. The standard InChI is InChI=1S/C21H24N2O4/c1-15-5-4-6-16(2)21(15)27-12-11-26-19-13-17(7-8-18(19)25-3)14-23-20(24)9-10-22/h4-8,13H,9,11-12,14H2,1-3H3,(H,23,24). The minimum Gasteiger partial charge on any atom is -0.493 e. The maximum atomic E-state index is 11.4. The quantitative estimate of drug-likeness (QED) is 0.687. The van der Waals surface area contributed by atoms with E-state index in [4.69, 9.17) is 19.5 Å². The first-order valence-electron chi connectivity index (χ1n) is 8.67. The summed E-state index contributed by atoms with van der Waals surface area (Å²) in [4.78, 5) is 11.4. The van der Waals surface area contributed by atoms with Crippen LogP contribution in [0.4, 0.5) is 0 Å². The van der Waals surface area contributed by atoms with Crippen molar-refractivity contribution >= 4 is 5.91 Å². The Bertz CT molecular complexity index is 807. The van der Waals surface area contributed by atoms with Crippen LogP contribution in [-0.4, -0.2) is 26.2 Å². The molecular weight excluding hydrogens is 344 g/mol. The summed E-state index contributed by atoms with van der Waals surface area (Å²) in [5.41, 5.74) is 3.03. The van der Waals surface area contributed by atoms with Gasteiger partial charge in [0.1, 0.15) is 25.4 Å². The van der Waals surface area contributed by atoms with Gasteiger partial charge in [-0.25, -0.2) is 0 Å². The van der Waals surface area contributed by atoms with Crippen LogP contribution >= 0.6 is 0 Å². The third-order valence-electron chi connectivity index (χ3n) is 3.95. The minimum absolute atomic E-state index is 0.158. The van der Waals surface area contributed by atoms with Crippen LogP contribution in [-0.2, 0) is 11.3 Å². The fourth-order valence-electron chi connectivity index (χ4n) is 2.60. The van der Waals surface area contributed by atoms with Crippen LogP contribution in [0.15, 0.2) is 36.4 Å². The van der Waals surface area contributed by atoms with Gasteiger partial charge >= 0.3 is 0 Å². The molecule has 0 atom stereocenters. The lowest BCUT2D eigenvalue weighted by atomic mass is 10.1. The normalized spacial score (nSPS) is 10.0. The van der Waals surface area contributed by atoms with Crippen molar-refractivity contribution in [1.82, 2.24) is 5.32 Å². The molecule has 0 bridgehead atoms. The number of nitrogens with zero attached hydrogens (tertiary/aromatic N) is 1. The van der Waals surface area contributed by atoms with E-state index in [0.29, 0.717) is 31.3 Å². The molecule has 142 valence electrons. The molecule has 1 N–H and O–H groups in total. The van der Waals surface area contributed by atoms with Gasteiger partial charge in [-0.05, 0) is 42.7 Å². The van der Waals surface area contributed by atoms with Crippen LogP contribution in [0.1, 0.15) is 23.1 Å². The van der Waals surface area contributed by atoms with Crippen molar-refractivity contribution in [3.63, 3.8) is 0 Å². The average molecular weight is 368 g/mol. The number of aryl methyl sites for hydroxylation is 2. The van der Waals surface area contributed by atoms with Crippen molar-refractivity contribution in [3.05, 3.63) is 53.1 Å². The number of para-hydroxylation sites is 1. The molecule has 0 saturated carbocycles. The number of methoxy groups -OCH3 is 1. The Morgan fingerprint density at radius 3 is 2.44 bits per heavy atom. The number of carbonyl (C=O) groups is 1. The third-order valence-corrected chi connectivity index (χ3v) is 3.95. The highest BCUT2D eigenvalue weighted by molar-refractivity contribution is 5.77. The molecule has 2 aromatic carbocycles. The van der Waals surface area contributed by atoms with E-state index in [2.05, 4.69) is 5.32 Å². The van der Waals surface area contributed by atoms with Crippen molar-refractivity contribution in [1.29, 1.82) is 5.26 Å². The summed E-state index contributed by atoms with van der Waals surface area (Å²) in [6.45, 7) is 5.10. The molecule has 0 fully saturated rings. The van der Waals surface area contributed by atoms with Gasteiger partial charge in [0, 0.05) is 6.54 Å². The van der Waals surface area contributed by atoms with Crippen molar-refractivity contribution in [2.45, 2.75) is 26.8 Å². The van der Waals surface area contributed by atoms with Gasteiger partial charge in [0.25, 0.3) is 0 Å². The highest BCUT2D eigenvalue weighted by atomic mass is 16.5. The second kappa shape index (κ2) is 10.1. The summed E-state index contributed by atoms with van der Waals surface area (Å²) >= 11 is 0. The largest absolute Gasteiger partial charge is 0.493 e. The second-order valence-electron chi connectivity index (χ2n) is 6.01. The zero-order valence-corrected chi connectivity index (χ0v) is 15.9. The molecule has 2 aromatic rings. The van der Waals surface area contributed by atoms with Crippen LogP contribution in [0.25, 0.3) is 0 Å². The molecule has 0 aliphatic carbocycles. The van der Waals surface area contributed by atoms with Crippen molar-refractivity contribution < 1.29 is 19.0 Å². The highest BCUT2D eigenvalue weighted by Gasteiger charge is 2.08. The van der Waals surface area contributed by atoms with Crippen LogP contribution in [0, 0.1) is 25.2 Å². The molecule has 0 saturated heterocycles. The summed E-state index contributed by atoms with van der Waals surface area (Å²) in [5.74, 6) is 1.75. The van der Waals surface area contributed by atoms with E-state index in [-0.39, 0.29) is 12.3 Å². The number of nitrogens with one attached hydrogen (secondary N) is 1. The van der Waals surface area contributed by atoms with Gasteiger partial charge in [-0.3, -0.25) is 4.79 Å². The first-order valence-corrected chi connectivity index (χ1v) is 8.67. The number of rotatable bonds is 9. The van der Waals surface area contributed by atoms with Crippen LogP contribution in [0.3, 0.4) is 0 Å². The summed E-state index contributed by atoms with van der Waals surface area (Å²) in [7, 11) is 1.57. The van der Waals surface area contributed by atoms with Crippen LogP contribution < -0.4 is 19.5 Å². The lowest BCUT2D eigenvalue weighted by molar-refractivity contribution is -0.120. The van der Waals surface area contributed by atoms with Gasteiger partial charge in [0.2, 0.25) is 5.91 Å². The Balaban J connectivity index is 1.93. The lowest BCUT2D eigenvalue weighted by Crippen LogP contribution is -2.21. The maximum absolute atomic E-state index is 11.4. The number of benzene rings is 2. The molecule has 0 unspecified atom stereocenters. The molecule has 0 aromatic heterocycles. The molecule has 0 spiro atoms. The topological polar surface area (TPSA) is 80.6 Å². The van der Waals surface area contributed by atoms with E-state index in [1.54, 1.807) is 13.2 Å². The van der Waals surface area contributed by atoms with Gasteiger partial charge < -0.3 is 19.5 Å². The zero-order valence-electron chi connectivity index (χ0n) is 15.9. The van der Waals surface area contributed by atoms with Crippen molar-refractivity contribution in [2.75, 3.05) is 20.3 Å². The molecule has 2 rings (SSSR count). The van der Waals surface area contributed by atoms with E-state index >= 15 is 0 Å². The molecule has 0 aliphatic heterocycles. The first kappa shape index (κ1) is 20.1. The molecule has 0 aliphatic rings. The maximum Gasteiger partial charge on any atom is 0.234 e. The van der Waals surface area contributed by atoms with Gasteiger partial charge in [0.15, 0.2) is 11.5 Å². The summed E-state index contributed by atoms with van der Waals surface area (Å²) < 4.78 is 17.0. The summed E-state index contributed by atoms with van der Waals surface area (Å²) in [6.07, 6.45) is -0.158. The Morgan fingerprint density at radius 1 is 1.07 bits per heavy atom. The van der Waals surface area contributed by atoms with E-state index in [1.807, 2.05) is 50.2 Å². The molecule has 6 nitrogen and oxygen atoms in total. The Morgan fingerprint density at radius 2 is 1.78 bits per heavy atom. The van der Waals surface area contributed by atoms with Gasteiger partial charge in [0.05, 0.1) is 13.2 Å². The van der Waals surface area contributed by atoms with Gasteiger partial charge in [-0.15, -0.1) is 0 Å². The smallest absolute Gasteiger partial charge is 0.234 e. The molecule has 27 heavy (non-hydrogen) atoms. The lowest BCUT2D eigenvalue weighted by Gasteiger charge is -2.15.